The Bertz CT molecular complexity index is 3160. The number of nitrogens with two attached hydrogens (primary N) is 1. The van der Waals surface area contributed by atoms with E-state index < -0.39 is 35.4 Å². The van der Waals surface area contributed by atoms with E-state index in [0.717, 1.165) is 122 Å². The van der Waals surface area contributed by atoms with Crippen molar-refractivity contribution in [3.63, 3.8) is 0 Å². The van der Waals surface area contributed by atoms with Gasteiger partial charge in [0.05, 0.1) is 31.0 Å². The second kappa shape index (κ2) is 23.7. The fourth-order valence-electron chi connectivity index (χ4n) is 19.3. The molecule has 0 aromatic heterocycles. The number of hydrogen-bond donors (Lipinski definition) is 8. The fraction of sp³-hybridized carbons (Fsp3) is 0.625. The number of hydrogen-bond acceptors (Lipinski definition) is 13. The normalized spacial score (nSPS) is 36.2. The average molecular weight is 1160 g/mol. The third-order valence-electron chi connectivity index (χ3n) is 23.4. The molecule has 1 saturated heterocycles. The van der Waals surface area contributed by atoms with E-state index in [1.165, 1.54) is 5.56 Å². The molecule has 2 spiro atoms. The summed E-state index contributed by atoms with van der Waals surface area (Å²) in [4.78, 5) is 5.35. The minimum atomic E-state index is -0.993. The molecule has 3 saturated carbocycles. The Kier molecular flexibility index (Phi) is 16.3. The van der Waals surface area contributed by atoms with Gasteiger partial charge in [0.1, 0.15) is 29.5 Å². The monoisotopic (exact) mass is 1160 g/mol. The summed E-state index contributed by atoms with van der Waals surface area (Å²) in [6, 6.07) is 20.3. The van der Waals surface area contributed by atoms with E-state index in [0.29, 0.717) is 105 Å². The van der Waals surface area contributed by atoms with Gasteiger partial charge in [-0.25, -0.2) is 0 Å². The van der Waals surface area contributed by atoms with Crippen molar-refractivity contribution in [3.8, 4) is 39.9 Å². The molecule has 5 aliphatic carbocycles. The van der Waals surface area contributed by atoms with Crippen molar-refractivity contribution in [2.45, 2.75) is 191 Å². The molecule has 7 heterocycles. The van der Waals surface area contributed by atoms with E-state index in [4.69, 9.17) is 29.7 Å². The maximum Gasteiger partial charge on any atom is 0.188 e. The van der Waals surface area contributed by atoms with Crippen LogP contribution >= 0.6 is 0 Å². The van der Waals surface area contributed by atoms with Crippen LogP contribution in [0.5, 0.6) is 28.7 Å². The molecule has 4 aromatic carbocycles. The van der Waals surface area contributed by atoms with Gasteiger partial charge in [0.2, 0.25) is 0 Å². The van der Waals surface area contributed by atoms with Crippen LogP contribution in [0.3, 0.4) is 0 Å². The summed E-state index contributed by atoms with van der Waals surface area (Å²) < 4.78 is 27.5. The van der Waals surface area contributed by atoms with Gasteiger partial charge in [0.25, 0.3) is 0 Å². The molecular weight excluding hydrogens is 1070 g/mol. The quantitative estimate of drug-likeness (QED) is 0.0878. The SMILES string of the molecule is CC[C@@H]1C[C@@H]2C=C[C@H]1C[C@@H](O)C[C@]13CCC[C@@]14CCO[C@H](C4)[C@]1(O)CCC[C@@H]1Cc1cccc(c1)C[C@@H](CNC(N)=NC3)[C@@H]1[C@@H](CO)CCC[C@H]1Oc1cc(ccc1O)[C@@H]1Oc3cc(OC)c4c(c3C[C@H]1O)[C@H]2Cc1cc(O)c(CC(C)C)cc1-4. The number of methoxy groups -OCH3 is 1. The molecule has 4 fully saturated rings. The first-order chi connectivity index (χ1) is 41.1. The van der Waals surface area contributed by atoms with Crippen LogP contribution in [0.4, 0.5) is 0 Å². The van der Waals surface area contributed by atoms with Crippen LogP contribution in [-0.4, -0.2) is 100 Å². The molecule has 16 atom stereocenters. The Balaban J connectivity index is 0.959. The number of nitrogens with zero attached hydrogens (tertiary/aromatic N) is 1. The Morgan fingerprint density at radius 2 is 1.64 bits per heavy atom. The topological polar surface area (TPSA) is 209 Å². The van der Waals surface area contributed by atoms with Crippen molar-refractivity contribution < 1.29 is 49.6 Å². The Morgan fingerprint density at radius 1 is 0.812 bits per heavy atom. The first-order valence-electron chi connectivity index (χ1n) is 32.9. The molecule has 458 valence electrons. The summed E-state index contributed by atoms with van der Waals surface area (Å²) in [7, 11) is 1.72. The molecule has 0 radical (unpaired) electrons. The minimum Gasteiger partial charge on any atom is -0.508 e. The fourth-order valence-corrected chi connectivity index (χ4v) is 19.3. The summed E-state index contributed by atoms with van der Waals surface area (Å²) >= 11 is 0. The smallest absolute Gasteiger partial charge is 0.188 e. The number of phenols is 2. The van der Waals surface area contributed by atoms with Crippen molar-refractivity contribution in [1.82, 2.24) is 5.32 Å². The zero-order valence-electron chi connectivity index (χ0n) is 50.8. The van der Waals surface area contributed by atoms with Crippen molar-refractivity contribution in [2.24, 2.45) is 68.9 Å². The van der Waals surface area contributed by atoms with E-state index >= 15 is 0 Å². The molecule has 13 nitrogen and oxygen atoms in total. The van der Waals surface area contributed by atoms with Gasteiger partial charge >= 0.3 is 0 Å². The lowest BCUT2D eigenvalue weighted by Crippen LogP contribution is -2.56. The highest BCUT2D eigenvalue weighted by atomic mass is 16.5. The Morgan fingerprint density at radius 3 is 2.45 bits per heavy atom. The minimum absolute atomic E-state index is 0.0117. The van der Waals surface area contributed by atoms with E-state index in [-0.39, 0.29) is 71.2 Å². The van der Waals surface area contributed by atoms with Crippen LogP contribution < -0.4 is 25.3 Å². The number of allylic oxidation sites excluding steroid dienone is 2. The second-order valence-electron chi connectivity index (χ2n) is 28.6. The van der Waals surface area contributed by atoms with Crippen molar-refractivity contribution in [1.29, 1.82) is 0 Å². The molecule has 13 heteroatoms. The van der Waals surface area contributed by atoms with Crippen LogP contribution in [0, 0.1) is 58.2 Å². The van der Waals surface area contributed by atoms with Gasteiger partial charge in [0.15, 0.2) is 17.5 Å². The molecule has 0 unspecified atom stereocenters. The summed E-state index contributed by atoms with van der Waals surface area (Å²) in [5, 5.41) is 77.1. The van der Waals surface area contributed by atoms with E-state index in [2.05, 4.69) is 68.6 Å². The molecule has 9 N–H and O–H groups in total. The first-order valence-corrected chi connectivity index (χ1v) is 32.9. The number of rotatable bonds is 5. The van der Waals surface area contributed by atoms with E-state index in [1.807, 2.05) is 24.3 Å². The van der Waals surface area contributed by atoms with Crippen LogP contribution in [0.2, 0.25) is 0 Å². The number of guanidine groups is 1. The predicted molar refractivity (Wildman–Crippen MR) is 330 cm³/mol. The van der Waals surface area contributed by atoms with Crippen LogP contribution in [-0.2, 0) is 36.8 Å². The van der Waals surface area contributed by atoms with Crippen molar-refractivity contribution in [3.05, 3.63) is 112 Å². The number of nitrogens with one attached hydrogen (secondary N) is 1. The van der Waals surface area contributed by atoms with Crippen molar-refractivity contribution in [2.75, 3.05) is 33.4 Å². The highest BCUT2D eigenvalue weighted by Crippen LogP contribution is 2.64. The van der Waals surface area contributed by atoms with Gasteiger partial charge < -0.3 is 60.6 Å². The molecule has 12 aliphatic rings. The molecule has 4 aromatic rings. The van der Waals surface area contributed by atoms with Gasteiger partial charge in [-0.2, -0.15) is 0 Å². The van der Waals surface area contributed by atoms with Crippen LogP contribution in [0.15, 0.2) is 77.8 Å². The van der Waals surface area contributed by atoms with Gasteiger partial charge in [-0.05, 0) is 224 Å². The molecule has 85 heavy (non-hydrogen) atoms. The van der Waals surface area contributed by atoms with E-state index in [1.54, 1.807) is 13.2 Å². The van der Waals surface area contributed by atoms with Crippen molar-refractivity contribution >= 4 is 5.96 Å². The number of aliphatic hydroxyl groups excluding tert-OH is 3. The molecule has 7 aliphatic heterocycles. The van der Waals surface area contributed by atoms with Gasteiger partial charge in [0, 0.05) is 55.8 Å². The van der Waals surface area contributed by atoms with E-state index in [9.17, 15) is 30.6 Å². The van der Waals surface area contributed by atoms with Crippen LogP contribution in [0.25, 0.3) is 11.1 Å². The maximum atomic E-state index is 13.2. The lowest BCUT2D eigenvalue weighted by atomic mass is 9.56. The zero-order valence-corrected chi connectivity index (χ0v) is 50.8. The Hall–Kier alpha value is -5.31. The standard InChI is InChI=1S/C72H95N3O10/c1-5-44-28-46-16-15-45(44)29-53(77)36-71-20-9-19-70(71)22-23-83-64(37-70)72(81)21-8-13-52(72)27-43-11-6-10-42(25-43)26-51(38-74-69(73)75-40-71)65-48(39-76)12-7-14-60(65)84-62-33-47(17-18-57(62)78)68-59(80)34-56-61(85-68)35-63(82-4)67-55-31-50(24-41(2)3)58(79)32-49(55)30-54(46)66(56)67/h6,10-11,15-18,25,31-33,35,41,44-46,48,51-54,59-60,64-65,68,76-81H,5,7-9,12-14,19-24,26-30,34,36-40H2,1-4H3,(H3,73,74,75)/t44-,45+,46+,48-,51+,52-,53-,54+,59-,60-,64-,65+,68+,70+,71+,72+/m1/s1. The predicted octanol–water partition coefficient (Wildman–Crippen LogP) is 11.4. The second-order valence-corrected chi connectivity index (χ2v) is 28.6. The number of fused-ring (bicyclic) bond motifs is 7. The average Bonchev–Trinajstić information content (AvgIpc) is 1.71. The first kappa shape index (κ1) is 58.7. The number of benzene rings is 4. The number of ether oxygens (including phenoxy) is 4. The van der Waals surface area contributed by atoms with Gasteiger partial charge in [-0.3, -0.25) is 4.99 Å². The largest absolute Gasteiger partial charge is 0.508 e. The van der Waals surface area contributed by atoms with Gasteiger partial charge in [-0.1, -0.05) is 82.5 Å². The summed E-state index contributed by atoms with van der Waals surface area (Å²) in [5.74, 6) is 2.81. The maximum absolute atomic E-state index is 13.2. The third-order valence-corrected chi connectivity index (χ3v) is 23.4. The summed E-state index contributed by atoms with van der Waals surface area (Å²) in [6.45, 7) is 8.09. The molecular formula is C72H95N3O10. The molecule has 14 bridgehead atoms. The Labute approximate surface area is 503 Å². The molecule has 0 amide bonds. The highest BCUT2D eigenvalue weighted by molar-refractivity contribution is 5.84. The molecule has 16 rings (SSSR count). The summed E-state index contributed by atoms with van der Waals surface area (Å²) in [6.07, 6.45) is 17.4. The van der Waals surface area contributed by atoms with Gasteiger partial charge in [-0.15, -0.1) is 0 Å². The third kappa shape index (κ3) is 10.8. The highest BCUT2D eigenvalue weighted by Gasteiger charge is 2.61. The lowest BCUT2D eigenvalue weighted by molar-refractivity contribution is -0.187. The number of phenolic OH excluding ortho intramolecular Hbond substituents is 2. The number of aromatic hydroxyl groups is 2. The lowest BCUT2D eigenvalue weighted by Gasteiger charge is -2.53. The van der Waals surface area contributed by atoms with Crippen LogP contribution in [0.1, 0.15) is 168 Å². The number of aliphatic hydroxyl groups is 4. The summed E-state index contributed by atoms with van der Waals surface area (Å²) in [5.41, 5.74) is 14.7. The number of aliphatic imine (C=N–C) groups is 1. The zero-order chi connectivity index (χ0) is 58.9.